The summed E-state index contributed by atoms with van der Waals surface area (Å²) in [6.07, 6.45) is 3.40. The van der Waals surface area contributed by atoms with E-state index in [1.54, 1.807) is 24.3 Å². The van der Waals surface area contributed by atoms with Gasteiger partial charge < -0.3 is 14.9 Å². The molecule has 92 valence electrons. The van der Waals surface area contributed by atoms with Crippen molar-refractivity contribution in [3.05, 3.63) is 30.7 Å². The summed E-state index contributed by atoms with van der Waals surface area (Å²) >= 11 is 0. The number of methoxy groups -OCH3 is 1. The van der Waals surface area contributed by atoms with Crippen molar-refractivity contribution in [3.63, 3.8) is 0 Å². The van der Waals surface area contributed by atoms with Gasteiger partial charge in [0.05, 0.1) is 19.6 Å². The maximum atomic E-state index is 6.00. The molecule has 0 amide bonds. The van der Waals surface area contributed by atoms with Crippen molar-refractivity contribution in [2.45, 2.75) is 0 Å². The second-order valence-electron chi connectivity index (χ2n) is 4.05. The van der Waals surface area contributed by atoms with Gasteiger partial charge in [0, 0.05) is 18.0 Å². The number of nitrogens with zero attached hydrogens (tertiary/aromatic N) is 2. The van der Waals surface area contributed by atoms with Crippen molar-refractivity contribution in [2.24, 2.45) is 7.05 Å². The van der Waals surface area contributed by atoms with Crippen LogP contribution in [-0.2, 0) is 7.05 Å². The zero-order valence-corrected chi connectivity index (χ0v) is 10.2. The normalized spacial score (nSPS) is 11.0. The number of fused-ring (bicyclic) bond motifs is 1. The van der Waals surface area contributed by atoms with Gasteiger partial charge in [0.1, 0.15) is 5.82 Å². The Balaban J connectivity index is 2.31. The fourth-order valence-electron chi connectivity index (χ4n) is 2.09. The lowest BCUT2D eigenvalue weighted by molar-refractivity contribution is 0.410. The van der Waals surface area contributed by atoms with Crippen LogP contribution in [0.4, 0.5) is 5.82 Å². The van der Waals surface area contributed by atoms with Gasteiger partial charge in [-0.05, 0) is 23.8 Å². The third-order valence-corrected chi connectivity index (χ3v) is 3.08. The van der Waals surface area contributed by atoms with Gasteiger partial charge in [-0.2, -0.15) is 5.10 Å². The molecular weight excluding hydrogens is 230 g/mol. The van der Waals surface area contributed by atoms with Gasteiger partial charge in [-0.15, -0.1) is 0 Å². The Kier molecular flexibility index (Phi) is 2.26. The fourth-order valence-corrected chi connectivity index (χ4v) is 2.09. The van der Waals surface area contributed by atoms with Crippen molar-refractivity contribution in [1.29, 1.82) is 0 Å². The van der Waals surface area contributed by atoms with Crippen LogP contribution in [0.2, 0.25) is 0 Å². The maximum absolute atomic E-state index is 6.00. The smallest absolute Gasteiger partial charge is 0.176 e. The minimum atomic E-state index is 0.627. The van der Waals surface area contributed by atoms with Gasteiger partial charge in [0.15, 0.2) is 11.3 Å². The van der Waals surface area contributed by atoms with Crippen LogP contribution in [0.5, 0.6) is 5.75 Å². The van der Waals surface area contributed by atoms with E-state index < -0.39 is 0 Å². The molecule has 2 heterocycles. The van der Waals surface area contributed by atoms with E-state index in [0.29, 0.717) is 11.6 Å². The predicted octanol–water partition coefficient (Wildman–Crippen LogP) is 2.42. The summed E-state index contributed by atoms with van der Waals surface area (Å²) in [6.45, 7) is 0. The van der Waals surface area contributed by atoms with E-state index in [4.69, 9.17) is 14.9 Å². The molecule has 0 unspecified atom stereocenters. The molecule has 0 aliphatic heterocycles. The first-order valence-corrected chi connectivity index (χ1v) is 5.54. The zero-order chi connectivity index (χ0) is 12.7. The molecule has 0 radical (unpaired) electrons. The van der Waals surface area contributed by atoms with Gasteiger partial charge in [0.25, 0.3) is 0 Å². The van der Waals surface area contributed by atoms with Gasteiger partial charge in [-0.3, -0.25) is 4.68 Å². The number of anilines is 1. The van der Waals surface area contributed by atoms with Crippen LogP contribution >= 0.6 is 0 Å². The number of furan rings is 1. The fraction of sp³-hybridized carbons (Fsp3) is 0.154. The van der Waals surface area contributed by atoms with Crippen molar-refractivity contribution in [2.75, 3.05) is 12.8 Å². The number of hydrogen-bond donors (Lipinski definition) is 1. The molecule has 2 aromatic heterocycles. The predicted molar refractivity (Wildman–Crippen MR) is 69.4 cm³/mol. The number of hydrogen-bond acceptors (Lipinski definition) is 4. The first-order valence-electron chi connectivity index (χ1n) is 5.54. The van der Waals surface area contributed by atoms with Crippen LogP contribution < -0.4 is 10.5 Å². The van der Waals surface area contributed by atoms with Crippen LogP contribution in [-0.4, -0.2) is 16.9 Å². The molecule has 3 aromatic rings. The molecule has 3 rings (SSSR count). The highest BCUT2D eigenvalue weighted by Gasteiger charge is 2.14. The number of benzene rings is 1. The SMILES string of the molecule is COc1ccc(-c2cnn(C)c2N)c2ccoc12. The molecule has 0 fully saturated rings. The molecule has 0 aliphatic carbocycles. The van der Waals surface area contributed by atoms with Crippen LogP contribution in [0.25, 0.3) is 22.1 Å². The molecule has 0 spiro atoms. The Morgan fingerprint density at radius 1 is 1.28 bits per heavy atom. The molecule has 5 heteroatoms. The zero-order valence-electron chi connectivity index (χ0n) is 10.2. The standard InChI is InChI=1S/C13H13N3O2/c1-16-13(14)10(7-15-16)8-3-4-11(17-2)12-9(8)5-6-18-12/h3-7H,14H2,1-2H3. The minimum Gasteiger partial charge on any atom is -0.493 e. The van der Waals surface area contributed by atoms with E-state index in [1.807, 2.05) is 25.2 Å². The average molecular weight is 243 g/mol. The lowest BCUT2D eigenvalue weighted by Gasteiger charge is -2.05. The number of nitrogen functional groups attached to an aromatic ring is 1. The van der Waals surface area contributed by atoms with E-state index >= 15 is 0 Å². The highest BCUT2D eigenvalue weighted by atomic mass is 16.5. The van der Waals surface area contributed by atoms with Crippen molar-refractivity contribution >= 4 is 16.8 Å². The third kappa shape index (κ3) is 1.37. The quantitative estimate of drug-likeness (QED) is 0.750. The molecule has 0 saturated heterocycles. The van der Waals surface area contributed by atoms with E-state index in [-0.39, 0.29) is 0 Å². The molecular formula is C13H13N3O2. The largest absolute Gasteiger partial charge is 0.493 e. The van der Waals surface area contributed by atoms with E-state index in [0.717, 1.165) is 22.1 Å². The summed E-state index contributed by atoms with van der Waals surface area (Å²) in [5.74, 6) is 1.34. The summed E-state index contributed by atoms with van der Waals surface area (Å²) in [5, 5.41) is 5.12. The molecule has 5 nitrogen and oxygen atoms in total. The number of ether oxygens (including phenoxy) is 1. The lowest BCUT2D eigenvalue weighted by atomic mass is 10.0. The molecule has 0 aliphatic rings. The average Bonchev–Trinajstić information content (AvgIpc) is 2.98. The van der Waals surface area contributed by atoms with Crippen molar-refractivity contribution in [3.8, 4) is 16.9 Å². The van der Waals surface area contributed by atoms with Crippen LogP contribution in [0.1, 0.15) is 0 Å². The molecule has 0 atom stereocenters. The Morgan fingerprint density at radius 3 is 2.78 bits per heavy atom. The second kappa shape index (κ2) is 3.80. The maximum Gasteiger partial charge on any atom is 0.176 e. The number of rotatable bonds is 2. The van der Waals surface area contributed by atoms with Crippen LogP contribution in [0.3, 0.4) is 0 Å². The molecule has 0 saturated carbocycles. The lowest BCUT2D eigenvalue weighted by Crippen LogP contribution is -1.98. The minimum absolute atomic E-state index is 0.627. The monoisotopic (exact) mass is 243 g/mol. The number of aryl methyl sites for hydroxylation is 1. The topological polar surface area (TPSA) is 66.2 Å². The first-order chi connectivity index (χ1) is 8.72. The number of aromatic nitrogens is 2. The Morgan fingerprint density at radius 2 is 2.11 bits per heavy atom. The molecule has 0 bridgehead atoms. The highest BCUT2D eigenvalue weighted by Crippen LogP contribution is 2.36. The van der Waals surface area contributed by atoms with Gasteiger partial charge in [-0.25, -0.2) is 0 Å². The Hall–Kier alpha value is -2.43. The van der Waals surface area contributed by atoms with Gasteiger partial charge in [-0.1, -0.05) is 0 Å². The van der Waals surface area contributed by atoms with Crippen LogP contribution in [0.15, 0.2) is 35.1 Å². The van der Waals surface area contributed by atoms with E-state index in [2.05, 4.69) is 5.10 Å². The van der Waals surface area contributed by atoms with Crippen molar-refractivity contribution in [1.82, 2.24) is 9.78 Å². The molecule has 1 aromatic carbocycles. The Labute approximate surface area is 104 Å². The van der Waals surface area contributed by atoms with Gasteiger partial charge in [0.2, 0.25) is 0 Å². The highest BCUT2D eigenvalue weighted by molar-refractivity contribution is 5.99. The first kappa shape index (κ1) is 10.7. The summed E-state index contributed by atoms with van der Waals surface area (Å²) in [7, 11) is 3.43. The third-order valence-electron chi connectivity index (χ3n) is 3.08. The summed E-state index contributed by atoms with van der Waals surface area (Å²) in [6, 6.07) is 5.73. The second-order valence-corrected chi connectivity index (χ2v) is 4.05. The van der Waals surface area contributed by atoms with Gasteiger partial charge >= 0.3 is 0 Å². The van der Waals surface area contributed by atoms with Crippen molar-refractivity contribution < 1.29 is 9.15 Å². The summed E-state index contributed by atoms with van der Waals surface area (Å²) < 4.78 is 12.4. The van der Waals surface area contributed by atoms with E-state index in [9.17, 15) is 0 Å². The number of nitrogens with two attached hydrogens (primary N) is 1. The molecule has 2 N–H and O–H groups in total. The van der Waals surface area contributed by atoms with E-state index in [1.165, 1.54) is 0 Å². The summed E-state index contributed by atoms with van der Waals surface area (Å²) in [4.78, 5) is 0. The Bertz CT molecular complexity index is 712. The molecule has 18 heavy (non-hydrogen) atoms. The summed E-state index contributed by atoms with van der Waals surface area (Å²) in [5.41, 5.74) is 8.61. The van der Waals surface area contributed by atoms with Crippen LogP contribution in [0, 0.1) is 0 Å².